The number of hydrogen-bond donors (Lipinski definition) is 1. The smallest absolute Gasteiger partial charge is 0.350 e. The van der Waals surface area contributed by atoms with Crippen molar-refractivity contribution in [3.05, 3.63) is 62.8 Å². The number of halogens is 1. The van der Waals surface area contributed by atoms with Crippen molar-refractivity contribution < 1.29 is 18.7 Å². The van der Waals surface area contributed by atoms with Gasteiger partial charge in [-0.25, -0.2) is 14.2 Å². The number of nitrogens with one attached hydrogen (secondary N) is 1. The SMILES string of the molecule is CCOC(=O)c1sc2ncc(NC(=O)c3ccc(F)cc3)c(=O)n2c1C. The van der Waals surface area contributed by atoms with Crippen molar-refractivity contribution in [2.24, 2.45) is 0 Å². The molecule has 1 aromatic carbocycles. The van der Waals surface area contributed by atoms with Gasteiger partial charge in [0.25, 0.3) is 11.5 Å². The third kappa shape index (κ3) is 3.21. The van der Waals surface area contributed by atoms with Crippen LogP contribution in [0.4, 0.5) is 10.1 Å². The lowest BCUT2D eigenvalue weighted by molar-refractivity contribution is 0.0530. The molecule has 0 fully saturated rings. The highest BCUT2D eigenvalue weighted by molar-refractivity contribution is 7.19. The summed E-state index contributed by atoms with van der Waals surface area (Å²) in [5, 5.41) is 2.46. The van der Waals surface area contributed by atoms with Crippen LogP contribution in [0.3, 0.4) is 0 Å². The second-order valence-corrected chi connectivity index (χ2v) is 6.27. The zero-order valence-corrected chi connectivity index (χ0v) is 14.7. The lowest BCUT2D eigenvalue weighted by atomic mass is 10.2. The van der Waals surface area contributed by atoms with Crippen LogP contribution in [0.1, 0.15) is 32.6 Å². The van der Waals surface area contributed by atoms with Gasteiger partial charge in [-0.1, -0.05) is 11.3 Å². The summed E-state index contributed by atoms with van der Waals surface area (Å²) in [6.07, 6.45) is 1.23. The Morgan fingerprint density at radius 2 is 2.00 bits per heavy atom. The maximum atomic E-state index is 13.0. The summed E-state index contributed by atoms with van der Waals surface area (Å²) < 4.78 is 19.2. The second kappa shape index (κ2) is 7.04. The molecule has 9 heteroatoms. The van der Waals surface area contributed by atoms with Gasteiger partial charge in [0.1, 0.15) is 16.4 Å². The Labute approximate surface area is 151 Å². The van der Waals surface area contributed by atoms with E-state index < -0.39 is 23.3 Å². The molecule has 0 saturated carbocycles. The summed E-state index contributed by atoms with van der Waals surface area (Å²) in [5.41, 5.74) is 0.0203. The van der Waals surface area contributed by atoms with Crippen molar-refractivity contribution in [1.29, 1.82) is 0 Å². The molecule has 0 unspecified atom stereocenters. The van der Waals surface area contributed by atoms with E-state index in [1.165, 1.54) is 22.7 Å². The summed E-state index contributed by atoms with van der Waals surface area (Å²) in [6.45, 7) is 3.51. The quantitative estimate of drug-likeness (QED) is 0.708. The number of nitrogens with zero attached hydrogens (tertiary/aromatic N) is 2. The highest BCUT2D eigenvalue weighted by Crippen LogP contribution is 2.21. The van der Waals surface area contributed by atoms with Crippen LogP contribution < -0.4 is 10.9 Å². The monoisotopic (exact) mass is 375 g/mol. The third-order valence-corrected chi connectivity index (χ3v) is 4.74. The molecule has 2 heterocycles. The molecule has 0 spiro atoms. The van der Waals surface area contributed by atoms with Crippen LogP contribution in [0, 0.1) is 12.7 Å². The molecule has 0 aliphatic heterocycles. The number of aromatic nitrogens is 2. The van der Waals surface area contributed by atoms with Crippen molar-refractivity contribution in [3.63, 3.8) is 0 Å². The molecule has 0 saturated heterocycles. The van der Waals surface area contributed by atoms with Crippen LogP contribution in [0.2, 0.25) is 0 Å². The summed E-state index contributed by atoms with van der Waals surface area (Å²) in [7, 11) is 0. The highest BCUT2D eigenvalue weighted by atomic mass is 32.1. The van der Waals surface area contributed by atoms with Gasteiger partial charge in [-0.3, -0.25) is 14.0 Å². The minimum atomic E-state index is -0.567. The number of amides is 1. The van der Waals surface area contributed by atoms with Crippen LogP contribution in [-0.4, -0.2) is 27.9 Å². The number of benzene rings is 1. The van der Waals surface area contributed by atoms with Gasteiger partial charge in [0.2, 0.25) is 0 Å². The van der Waals surface area contributed by atoms with Gasteiger partial charge in [-0.2, -0.15) is 0 Å². The number of aryl methyl sites for hydroxylation is 1. The van der Waals surface area contributed by atoms with Gasteiger partial charge in [-0.05, 0) is 38.1 Å². The molecule has 0 radical (unpaired) electrons. The highest BCUT2D eigenvalue weighted by Gasteiger charge is 2.20. The van der Waals surface area contributed by atoms with Gasteiger partial charge in [0.05, 0.1) is 18.5 Å². The fourth-order valence-corrected chi connectivity index (χ4v) is 3.32. The maximum absolute atomic E-state index is 13.0. The van der Waals surface area contributed by atoms with Crippen molar-refractivity contribution in [2.45, 2.75) is 13.8 Å². The van der Waals surface area contributed by atoms with Crippen LogP contribution >= 0.6 is 11.3 Å². The zero-order chi connectivity index (χ0) is 18.8. The Morgan fingerprint density at radius 3 is 2.65 bits per heavy atom. The average Bonchev–Trinajstić information content (AvgIpc) is 2.95. The average molecular weight is 375 g/mol. The van der Waals surface area contributed by atoms with E-state index in [2.05, 4.69) is 10.3 Å². The van der Waals surface area contributed by atoms with E-state index in [1.54, 1.807) is 13.8 Å². The molecule has 0 bridgehead atoms. The van der Waals surface area contributed by atoms with Gasteiger partial charge >= 0.3 is 5.97 Å². The van der Waals surface area contributed by atoms with E-state index in [0.717, 1.165) is 23.5 Å². The predicted molar refractivity (Wildman–Crippen MR) is 94.4 cm³/mol. The molecular formula is C17H14FN3O4S. The first-order valence-electron chi connectivity index (χ1n) is 7.67. The summed E-state index contributed by atoms with van der Waals surface area (Å²) in [5.74, 6) is -1.57. The van der Waals surface area contributed by atoms with Crippen molar-refractivity contribution in [3.8, 4) is 0 Å². The number of rotatable bonds is 4. The molecule has 2 aromatic heterocycles. The number of carbonyl (C=O) groups excluding carboxylic acids is 2. The molecule has 0 aliphatic carbocycles. The lowest BCUT2D eigenvalue weighted by Gasteiger charge is -2.05. The standard InChI is InChI=1S/C17H14FN3O4S/c1-3-25-16(24)13-9(2)21-15(23)12(8-19-17(21)26-13)20-14(22)10-4-6-11(18)7-5-10/h4-8H,3H2,1-2H3,(H,20,22). The second-order valence-electron chi connectivity index (χ2n) is 5.29. The number of anilines is 1. The normalized spacial score (nSPS) is 10.7. The van der Waals surface area contributed by atoms with E-state index >= 15 is 0 Å². The summed E-state index contributed by atoms with van der Waals surface area (Å²) in [6, 6.07) is 4.92. The lowest BCUT2D eigenvalue weighted by Crippen LogP contribution is -2.23. The Bertz CT molecular complexity index is 1060. The van der Waals surface area contributed by atoms with Crippen molar-refractivity contribution in [2.75, 3.05) is 11.9 Å². The molecule has 1 N–H and O–H groups in total. The van der Waals surface area contributed by atoms with E-state index in [9.17, 15) is 18.8 Å². The fourth-order valence-electron chi connectivity index (χ4n) is 2.34. The first kappa shape index (κ1) is 17.7. The number of carbonyl (C=O) groups is 2. The molecule has 0 atom stereocenters. The number of fused-ring (bicyclic) bond motifs is 1. The topological polar surface area (TPSA) is 89.8 Å². The van der Waals surface area contributed by atoms with E-state index in [0.29, 0.717) is 10.7 Å². The van der Waals surface area contributed by atoms with Gasteiger partial charge in [0.15, 0.2) is 4.96 Å². The van der Waals surface area contributed by atoms with Crippen LogP contribution in [0.15, 0.2) is 35.3 Å². The molecule has 7 nitrogen and oxygen atoms in total. The van der Waals surface area contributed by atoms with Crippen molar-refractivity contribution in [1.82, 2.24) is 9.38 Å². The summed E-state index contributed by atoms with van der Waals surface area (Å²) >= 11 is 1.03. The Morgan fingerprint density at radius 1 is 1.31 bits per heavy atom. The van der Waals surface area contributed by atoms with Crippen LogP contribution in [0.5, 0.6) is 0 Å². The van der Waals surface area contributed by atoms with Gasteiger partial charge in [0, 0.05) is 5.56 Å². The minimum absolute atomic E-state index is 0.0480. The van der Waals surface area contributed by atoms with E-state index in [1.807, 2.05) is 0 Å². The molecule has 134 valence electrons. The first-order valence-corrected chi connectivity index (χ1v) is 8.49. The molecule has 3 aromatic rings. The van der Waals surface area contributed by atoms with E-state index in [4.69, 9.17) is 4.74 Å². The minimum Gasteiger partial charge on any atom is -0.462 e. The fraction of sp³-hybridized carbons (Fsp3) is 0.176. The zero-order valence-electron chi connectivity index (χ0n) is 13.9. The van der Waals surface area contributed by atoms with Crippen molar-refractivity contribution >= 4 is 33.9 Å². The third-order valence-electron chi connectivity index (χ3n) is 3.60. The van der Waals surface area contributed by atoms with Crippen LogP contribution in [0.25, 0.3) is 4.96 Å². The Hall–Kier alpha value is -3.07. The molecule has 3 rings (SSSR count). The number of hydrogen-bond acceptors (Lipinski definition) is 6. The molecule has 0 aliphatic rings. The molecule has 1 amide bonds. The van der Waals surface area contributed by atoms with Gasteiger partial charge < -0.3 is 10.1 Å². The molecular weight excluding hydrogens is 361 g/mol. The number of ether oxygens (including phenoxy) is 1. The maximum Gasteiger partial charge on any atom is 0.350 e. The van der Waals surface area contributed by atoms with E-state index in [-0.39, 0.29) is 22.7 Å². The Balaban J connectivity index is 1.97. The molecule has 26 heavy (non-hydrogen) atoms. The van der Waals surface area contributed by atoms with Crippen LogP contribution in [-0.2, 0) is 4.74 Å². The number of esters is 1. The predicted octanol–water partition coefficient (Wildman–Crippen LogP) is 2.63. The Kier molecular flexibility index (Phi) is 4.81. The largest absolute Gasteiger partial charge is 0.462 e. The van der Waals surface area contributed by atoms with Gasteiger partial charge in [-0.15, -0.1) is 0 Å². The number of thiazole rings is 1. The summed E-state index contributed by atoms with van der Waals surface area (Å²) in [4.78, 5) is 41.6. The first-order chi connectivity index (χ1) is 12.4.